The number of alkyl halides is 3. The van der Waals surface area contributed by atoms with Crippen LogP contribution in [0, 0.1) is 0 Å². The van der Waals surface area contributed by atoms with Crippen LogP contribution in [0.3, 0.4) is 0 Å². The number of amides is 2. The molecule has 0 bridgehead atoms. The number of hydrogen-bond acceptors (Lipinski definition) is 2. The van der Waals surface area contributed by atoms with Crippen LogP contribution in [0.15, 0.2) is 24.3 Å². The van der Waals surface area contributed by atoms with Crippen LogP contribution in [0.5, 0.6) is 0 Å². The van der Waals surface area contributed by atoms with Crippen molar-refractivity contribution in [2.24, 2.45) is 0 Å². The van der Waals surface area contributed by atoms with E-state index in [4.69, 9.17) is 5.21 Å². The number of urea groups is 1. The highest BCUT2D eigenvalue weighted by molar-refractivity contribution is 5.88. The largest absolute Gasteiger partial charge is 0.416 e. The molecule has 0 radical (unpaired) electrons. The number of rotatable bonds is 1. The van der Waals surface area contributed by atoms with Gasteiger partial charge in [0.2, 0.25) is 0 Å². The molecule has 0 atom stereocenters. The Morgan fingerprint density at radius 1 is 1.44 bits per heavy atom. The highest BCUT2D eigenvalue weighted by Crippen LogP contribution is 2.30. The van der Waals surface area contributed by atoms with Gasteiger partial charge in [-0.1, -0.05) is 6.07 Å². The van der Waals surface area contributed by atoms with Crippen molar-refractivity contribution in [1.29, 1.82) is 0 Å². The molecule has 7 heteroatoms. The number of benzene rings is 1. The average Bonchev–Trinajstić information content (AvgIpc) is 2.16. The normalized spacial score (nSPS) is 11.1. The minimum Gasteiger partial charge on any atom is -0.306 e. The van der Waals surface area contributed by atoms with E-state index in [-0.39, 0.29) is 10.8 Å². The predicted octanol–water partition coefficient (Wildman–Crippen LogP) is 2.56. The van der Waals surface area contributed by atoms with Crippen molar-refractivity contribution in [3.05, 3.63) is 29.8 Å². The van der Waals surface area contributed by atoms with Gasteiger partial charge in [-0.3, -0.25) is 5.21 Å². The molecule has 16 heavy (non-hydrogen) atoms. The van der Waals surface area contributed by atoms with Crippen molar-refractivity contribution in [3.8, 4) is 0 Å². The van der Waals surface area contributed by atoms with E-state index in [2.05, 4.69) is 5.32 Å². The second kappa shape index (κ2) is 4.40. The third-order valence-electron chi connectivity index (χ3n) is 1.74. The van der Waals surface area contributed by atoms with Gasteiger partial charge in [-0.25, -0.2) is 9.86 Å². The van der Waals surface area contributed by atoms with Gasteiger partial charge in [0.25, 0.3) is 0 Å². The molecule has 0 heterocycles. The standard InChI is InChI=1S/C9H9F3N2O2/c1-14(16)8(15)13-7-4-2-3-6(5-7)9(10,11)12/h2-5,16H,1H3,(H,13,15). The Kier molecular flexibility index (Phi) is 3.38. The molecule has 1 aromatic carbocycles. The maximum Gasteiger partial charge on any atom is 0.416 e. The van der Waals surface area contributed by atoms with Crippen LogP contribution in [-0.2, 0) is 6.18 Å². The Morgan fingerprint density at radius 2 is 2.06 bits per heavy atom. The summed E-state index contributed by atoms with van der Waals surface area (Å²) in [7, 11) is 1.06. The van der Waals surface area contributed by atoms with Gasteiger partial charge < -0.3 is 5.32 Å². The summed E-state index contributed by atoms with van der Waals surface area (Å²) in [5.41, 5.74) is -0.911. The molecule has 2 N–H and O–H groups in total. The second-order valence-corrected chi connectivity index (χ2v) is 3.03. The van der Waals surface area contributed by atoms with Crippen LogP contribution in [-0.4, -0.2) is 23.3 Å². The molecule has 2 amide bonds. The number of halogens is 3. The van der Waals surface area contributed by atoms with E-state index < -0.39 is 17.8 Å². The molecule has 0 aliphatic heterocycles. The Bertz CT molecular complexity index is 391. The molecule has 1 aromatic rings. The number of hydrogen-bond donors (Lipinski definition) is 2. The minimum atomic E-state index is -4.47. The van der Waals surface area contributed by atoms with Gasteiger partial charge in [-0.2, -0.15) is 13.2 Å². The van der Waals surface area contributed by atoms with Crippen LogP contribution in [0.4, 0.5) is 23.7 Å². The Balaban J connectivity index is 2.88. The fourth-order valence-electron chi connectivity index (χ4n) is 0.978. The van der Waals surface area contributed by atoms with E-state index >= 15 is 0 Å². The summed E-state index contributed by atoms with van der Waals surface area (Å²) in [4.78, 5) is 11.0. The van der Waals surface area contributed by atoms with Crippen molar-refractivity contribution >= 4 is 11.7 Å². The van der Waals surface area contributed by atoms with Crippen LogP contribution in [0.1, 0.15) is 5.56 Å². The van der Waals surface area contributed by atoms with E-state index in [1.54, 1.807) is 0 Å². The molecule has 1 rings (SSSR count). The van der Waals surface area contributed by atoms with Gasteiger partial charge in [0.1, 0.15) is 0 Å². The van der Waals surface area contributed by atoms with Gasteiger partial charge >= 0.3 is 12.2 Å². The van der Waals surface area contributed by atoms with Crippen LogP contribution in [0.2, 0.25) is 0 Å². The third kappa shape index (κ3) is 3.13. The zero-order valence-electron chi connectivity index (χ0n) is 8.25. The summed E-state index contributed by atoms with van der Waals surface area (Å²) < 4.78 is 36.9. The summed E-state index contributed by atoms with van der Waals surface area (Å²) in [6.07, 6.45) is -4.47. The van der Waals surface area contributed by atoms with E-state index in [9.17, 15) is 18.0 Å². The number of carbonyl (C=O) groups is 1. The average molecular weight is 234 g/mol. The quantitative estimate of drug-likeness (QED) is 0.579. The number of carbonyl (C=O) groups excluding carboxylic acids is 1. The number of nitrogens with one attached hydrogen (secondary N) is 1. The fraction of sp³-hybridized carbons (Fsp3) is 0.222. The smallest absolute Gasteiger partial charge is 0.306 e. The monoisotopic (exact) mass is 234 g/mol. The molecule has 4 nitrogen and oxygen atoms in total. The van der Waals surface area contributed by atoms with Crippen molar-refractivity contribution < 1.29 is 23.2 Å². The Morgan fingerprint density at radius 3 is 2.56 bits per heavy atom. The number of anilines is 1. The first kappa shape index (κ1) is 12.3. The summed E-state index contributed by atoms with van der Waals surface area (Å²) >= 11 is 0. The van der Waals surface area contributed by atoms with E-state index in [1.165, 1.54) is 6.07 Å². The van der Waals surface area contributed by atoms with Crippen molar-refractivity contribution in [2.75, 3.05) is 12.4 Å². The topological polar surface area (TPSA) is 52.6 Å². The highest BCUT2D eigenvalue weighted by Gasteiger charge is 2.30. The minimum absolute atomic E-state index is 0.0410. The highest BCUT2D eigenvalue weighted by atomic mass is 19.4. The molecule has 0 spiro atoms. The fourth-order valence-corrected chi connectivity index (χ4v) is 0.978. The van der Waals surface area contributed by atoms with Gasteiger partial charge in [-0.05, 0) is 18.2 Å². The van der Waals surface area contributed by atoms with Crippen LogP contribution < -0.4 is 5.32 Å². The molecule has 0 fully saturated rings. The summed E-state index contributed by atoms with van der Waals surface area (Å²) in [6, 6.07) is 3.20. The lowest BCUT2D eigenvalue weighted by Crippen LogP contribution is -2.28. The molecule has 0 saturated heterocycles. The molecule has 0 saturated carbocycles. The molecule has 0 aromatic heterocycles. The lowest BCUT2D eigenvalue weighted by molar-refractivity contribution is -0.137. The maximum absolute atomic E-state index is 12.3. The Hall–Kier alpha value is -1.76. The summed E-state index contributed by atoms with van der Waals surface area (Å²) in [5.74, 6) is 0. The molecule has 88 valence electrons. The number of hydroxylamine groups is 2. The molecular weight excluding hydrogens is 225 g/mol. The SMILES string of the molecule is CN(O)C(=O)Nc1cccc(C(F)(F)F)c1. The van der Waals surface area contributed by atoms with Gasteiger partial charge in [0, 0.05) is 12.7 Å². The summed E-state index contributed by atoms with van der Waals surface area (Å²) in [5, 5.41) is 11.0. The van der Waals surface area contributed by atoms with E-state index in [1.807, 2.05) is 0 Å². The van der Waals surface area contributed by atoms with E-state index in [0.29, 0.717) is 0 Å². The van der Waals surface area contributed by atoms with Crippen LogP contribution >= 0.6 is 0 Å². The predicted molar refractivity (Wildman–Crippen MR) is 50.0 cm³/mol. The Labute approximate surface area is 89.2 Å². The van der Waals surface area contributed by atoms with Gasteiger partial charge in [-0.15, -0.1) is 0 Å². The first-order chi connectivity index (χ1) is 7.30. The van der Waals surface area contributed by atoms with Crippen molar-refractivity contribution in [2.45, 2.75) is 6.18 Å². The number of nitrogens with zero attached hydrogens (tertiary/aromatic N) is 1. The zero-order valence-corrected chi connectivity index (χ0v) is 8.25. The van der Waals surface area contributed by atoms with Crippen molar-refractivity contribution in [1.82, 2.24) is 5.06 Å². The molecule has 0 unspecified atom stereocenters. The van der Waals surface area contributed by atoms with Gasteiger partial charge in [0.15, 0.2) is 0 Å². The second-order valence-electron chi connectivity index (χ2n) is 3.03. The zero-order chi connectivity index (χ0) is 12.3. The third-order valence-corrected chi connectivity index (χ3v) is 1.74. The van der Waals surface area contributed by atoms with Crippen LogP contribution in [0.25, 0.3) is 0 Å². The lowest BCUT2D eigenvalue weighted by atomic mass is 10.2. The summed E-state index contributed by atoms with van der Waals surface area (Å²) in [6.45, 7) is 0. The van der Waals surface area contributed by atoms with E-state index in [0.717, 1.165) is 25.2 Å². The molecular formula is C9H9F3N2O2. The molecule has 0 aliphatic rings. The van der Waals surface area contributed by atoms with Gasteiger partial charge in [0.05, 0.1) is 5.56 Å². The molecule has 0 aliphatic carbocycles. The van der Waals surface area contributed by atoms with Crippen molar-refractivity contribution in [3.63, 3.8) is 0 Å². The maximum atomic E-state index is 12.3. The first-order valence-electron chi connectivity index (χ1n) is 4.21. The first-order valence-corrected chi connectivity index (χ1v) is 4.21. The lowest BCUT2D eigenvalue weighted by Gasteiger charge is -2.12.